The second-order valence-corrected chi connectivity index (χ2v) is 3.49. The summed E-state index contributed by atoms with van der Waals surface area (Å²) in [6.07, 6.45) is 0. The van der Waals surface area contributed by atoms with E-state index >= 15 is 0 Å². The van der Waals surface area contributed by atoms with Gasteiger partial charge in [-0.3, -0.25) is 4.99 Å². The number of aliphatic imine (C=N–C) groups is 1. The summed E-state index contributed by atoms with van der Waals surface area (Å²) < 4.78 is 1.10. The fraction of sp³-hybridized carbons (Fsp3) is 0.222. The van der Waals surface area contributed by atoms with E-state index in [2.05, 4.69) is 32.3 Å². The second-order valence-electron chi connectivity index (χ2n) is 2.64. The van der Waals surface area contributed by atoms with Crippen LogP contribution in [0.1, 0.15) is 5.56 Å². The van der Waals surface area contributed by atoms with Crippen LogP contribution in [0.3, 0.4) is 0 Å². The monoisotopic (exact) mass is 260 g/mol. The number of rotatable bonds is 1. The number of hydrogen-bond donors (Lipinski definition) is 1. The highest BCUT2D eigenvalue weighted by Gasteiger charge is 2.09. The molecule has 0 bridgehead atoms. The molecule has 1 N–H and O–H groups in total. The van der Waals surface area contributed by atoms with Crippen LogP contribution in [-0.4, -0.2) is 18.9 Å². The van der Waals surface area contributed by atoms with Gasteiger partial charge in [-0.05, 0) is 6.07 Å². The summed E-state index contributed by atoms with van der Waals surface area (Å²) in [6, 6.07) is 8.10. The van der Waals surface area contributed by atoms with Crippen molar-refractivity contribution in [2.24, 2.45) is 4.99 Å². The minimum Gasteiger partial charge on any atom is -0.368 e. The molecule has 13 heavy (non-hydrogen) atoms. The molecule has 0 spiro atoms. The van der Waals surface area contributed by atoms with Gasteiger partial charge in [0, 0.05) is 16.6 Å². The first kappa shape index (κ1) is 10.5. The van der Waals surface area contributed by atoms with E-state index in [-0.39, 0.29) is 12.4 Å². The first-order chi connectivity index (χ1) is 5.88. The van der Waals surface area contributed by atoms with E-state index < -0.39 is 0 Å². The molecule has 0 fully saturated rings. The smallest absolute Gasteiger partial charge is 0.129 e. The van der Waals surface area contributed by atoms with Gasteiger partial charge < -0.3 is 5.32 Å². The summed E-state index contributed by atoms with van der Waals surface area (Å²) in [5, 5.41) is 3.23. The van der Waals surface area contributed by atoms with E-state index in [1.54, 1.807) is 0 Å². The maximum atomic E-state index is 4.34. The van der Waals surface area contributed by atoms with E-state index in [0.29, 0.717) is 0 Å². The third kappa shape index (κ3) is 2.23. The van der Waals surface area contributed by atoms with Crippen molar-refractivity contribution in [1.82, 2.24) is 5.32 Å². The number of halogens is 2. The van der Waals surface area contributed by atoms with Crippen molar-refractivity contribution in [3.05, 3.63) is 34.3 Å². The van der Waals surface area contributed by atoms with Crippen LogP contribution in [0.5, 0.6) is 0 Å². The van der Waals surface area contributed by atoms with E-state index in [9.17, 15) is 0 Å². The van der Waals surface area contributed by atoms with Crippen LogP contribution in [0.4, 0.5) is 0 Å². The fourth-order valence-corrected chi connectivity index (χ4v) is 1.70. The molecular formula is C9H10BrClN2. The van der Waals surface area contributed by atoms with Crippen LogP contribution in [0.25, 0.3) is 0 Å². The highest BCUT2D eigenvalue weighted by molar-refractivity contribution is 9.10. The van der Waals surface area contributed by atoms with Crippen LogP contribution in [0.15, 0.2) is 33.7 Å². The molecule has 4 heteroatoms. The van der Waals surface area contributed by atoms with Gasteiger partial charge in [0.2, 0.25) is 0 Å². The molecule has 0 saturated heterocycles. The second kappa shape index (κ2) is 4.63. The maximum absolute atomic E-state index is 4.34. The first-order valence-electron chi connectivity index (χ1n) is 3.91. The van der Waals surface area contributed by atoms with Crippen molar-refractivity contribution in [3.8, 4) is 0 Å². The predicted octanol–water partition coefficient (Wildman–Crippen LogP) is 2.22. The van der Waals surface area contributed by atoms with Gasteiger partial charge in [-0.15, -0.1) is 12.4 Å². The normalized spacial score (nSPS) is 14.4. The Labute approximate surface area is 92.0 Å². The molecule has 1 aromatic rings. The van der Waals surface area contributed by atoms with Crippen LogP contribution < -0.4 is 5.32 Å². The Hall–Kier alpha value is -0.540. The van der Waals surface area contributed by atoms with E-state index in [4.69, 9.17) is 0 Å². The van der Waals surface area contributed by atoms with Gasteiger partial charge in [-0.25, -0.2) is 0 Å². The summed E-state index contributed by atoms with van der Waals surface area (Å²) in [7, 11) is 0. The molecule has 1 aromatic carbocycles. The molecule has 0 atom stereocenters. The molecular weight excluding hydrogens is 251 g/mol. The standard InChI is InChI=1S/C9H9BrN2.ClH/c10-8-4-2-1-3-7(8)9-11-5-6-12-9;/h1-4H,5-6H2,(H,11,12);1H. The van der Waals surface area contributed by atoms with Crippen molar-refractivity contribution in [2.75, 3.05) is 13.1 Å². The lowest BCUT2D eigenvalue weighted by Crippen LogP contribution is -2.19. The van der Waals surface area contributed by atoms with Crippen molar-refractivity contribution in [3.63, 3.8) is 0 Å². The summed E-state index contributed by atoms with van der Waals surface area (Å²) in [6.45, 7) is 1.84. The highest BCUT2D eigenvalue weighted by atomic mass is 79.9. The molecule has 0 unspecified atom stereocenters. The molecule has 0 radical (unpaired) electrons. The van der Waals surface area contributed by atoms with Gasteiger partial charge in [0.15, 0.2) is 0 Å². The number of amidine groups is 1. The molecule has 0 amide bonds. The van der Waals surface area contributed by atoms with E-state index in [1.165, 1.54) is 0 Å². The average Bonchev–Trinajstić information content (AvgIpc) is 2.57. The van der Waals surface area contributed by atoms with Crippen LogP contribution >= 0.6 is 28.3 Å². The Morgan fingerprint density at radius 3 is 2.69 bits per heavy atom. The number of hydrogen-bond acceptors (Lipinski definition) is 2. The molecule has 1 heterocycles. The van der Waals surface area contributed by atoms with Crippen molar-refractivity contribution >= 4 is 34.2 Å². The molecule has 0 aromatic heterocycles. The van der Waals surface area contributed by atoms with Crippen LogP contribution in [0.2, 0.25) is 0 Å². The molecule has 1 aliphatic rings. The largest absolute Gasteiger partial charge is 0.368 e. The summed E-state index contributed by atoms with van der Waals surface area (Å²) in [5.41, 5.74) is 1.15. The summed E-state index contributed by atoms with van der Waals surface area (Å²) in [5.74, 6) is 1.00. The third-order valence-electron chi connectivity index (χ3n) is 1.80. The van der Waals surface area contributed by atoms with Crippen molar-refractivity contribution in [2.45, 2.75) is 0 Å². The molecule has 0 saturated carbocycles. The summed E-state index contributed by atoms with van der Waals surface area (Å²) in [4.78, 5) is 4.34. The summed E-state index contributed by atoms with van der Waals surface area (Å²) >= 11 is 3.49. The van der Waals surface area contributed by atoms with E-state index in [0.717, 1.165) is 29.0 Å². The van der Waals surface area contributed by atoms with Gasteiger partial charge in [0.25, 0.3) is 0 Å². The van der Waals surface area contributed by atoms with Crippen LogP contribution in [0, 0.1) is 0 Å². The van der Waals surface area contributed by atoms with Gasteiger partial charge >= 0.3 is 0 Å². The minimum absolute atomic E-state index is 0. The van der Waals surface area contributed by atoms with Gasteiger partial charge in [0.1, 0.15) is 5.84 Å². The zero-order chi connectivity index (χ0) is 8.39. The Morgan fingerprint density at radius 1 is 1.31 bits per heavy atom. The average molecular weight is 262 g/mol. The molecule has 70 valence electrons. The lowest BCUT2D eigenvalue weighted by Gasteiger charge is -2.03. The van der Waals surface area contributed by atoms with Crippen molar-refractivity contribution in [1.29, 1.82) is 0 Å². The number of nitrogens with one attached hydrogen (secondary N) is 1. The zero-order valence-electron chi connectivity index (χ0n) is 6.96. The lowest BCUT2D eigenvalue weighted by molar-refractivity contribution is 0.960. The highest BCUT2D eigenvalue weighted by Crippen LogP contribution is 2.16. The SMILES string of the molecule is Brc1ccccc1C1=NCCN1.Cl. The molecule has 2 nitrogen and oxygen atoms in total. The quantitative estimate of drug-likeness (QED) is 0.824. The Bertz CT molecular complexity index is 325. The topological polar surface area (TPSA) is 24.4 Å². The molecule has 1 aliphatic heterocycles. The van der Waals surface area contributed by atoms with Crippen molar-refractivity contribution < 1.29 is 0 Å². The Kier molecular flexibility index (Phi) is 3.75. The Morgan fingerprint density at radius 2 is 2.08 bits per heavy atom. The lowest BCUT2D eigenvalue weighted by atomic mass is 10.2. The molecule has 2 rings (SSSR count). The number of nitrogens with zero attached hydrogens (tertiary/aromatic N) is 1. The third-order valence-corrected chi connectivity index (χ3v) is 2.49. The van der Waals surface area contributed by atoms with Gasteiger partial charge in [0.05, 0.1) is 6.54 Å². The van der Waals surface area contributed by atoms with Gasteiger partial charge in [-0.2, -0.15) is 0 Å². The predicted molar refractivity (Wildman–Crippen MR) is 60.8 cm³/mol. The fourth-order valence-electron chi connectivity index (χ4n) is 1.23. The number of benzene rings is 1. The first-order valence-corrected chi connectivity index (χ1v) is 4.70. The van der Waals surface area contributed by atoms with Crippen LogP contribution in [-0.2, 0) is 0 Å². The molecule has 0 aliphatic carbocycles. The van der Waals surface area contributed by atoms with E-state index in [1.807, 2.05) is 18.2 Å². The Balaban J connectivity index is 0.000000845. The maximum Gasteiger partial charge on any atom is 0.129 e. The van der Waals surface area contributed by atoms with Gasteiger partial charge in [-0.1, -0.05) is 34.1 Å². The zero-order valence-corrected chi connectivity index (χ0v) is 9.36. The minimum atomic E-state index is 0.